The Morgan fingerprint density at radius 1 is 1.33 bits per heavy atom. The van der Waals surface area contributed by atoms with E-state index in [-0.39, 0.29) is 47.5 Å². The fraction of sp³-hybridized carbons (Fsp3) is 0.600. The van der Waals surface area contributed by atoms with E-state index in [1.165, 1.54) is 10.4 Å². The zero-order chi connectivity index (χ0) is 17.6. The third-order valence-electron chi connectivity index (χ3n) is 4.73. The molecule has 1 heterocycles. The molecule has 136 valence electrons. The lowest BCUT2D eigenvalue weighted by atomic mass is 9.81. The van der Waals surface area contributed by atoms with Crippen LogP contribution in [0.5, 0.6) is 0 Å². The first kappa shape index (κ1) is 20.8. The van der Waals surface area contributed by atoms with Gasteiger partial charge in [-0.15, -0.1) is 12.4 Å². The minimum Gasteiger partial charge on any atom is -0.327 e. The first-order chi connectivity index (χ1) is 10.5. The minimum atomic E-state index is -3.95. The van der Waals surface area contributed by atoms with Crippen LogP contribution >= 0.6 is 12.4 Å². The number of sulfonamides is 1. The Bertz CT molecular complexity index is 749. The number of nitro groups is 1. The second kappa shape index (κ2) is 6.95. The van der Waals surface area contributed by atoms with Crippen LogP contribution in [0, 0.1) is 29.4 Å². The standard InChI is InChI=1S/C15H23N3O4S.ClH/c1-10-5-6-12(18(19)20)14(11(10)2)23(21,22)17-8-7-13(16)15(3,4)9-17;/h5-6,13H,7-9,16H2,1-4H3;1H. The van der Waals surface area contributed by atoms with Gasteiger partial charge in [-0.25, -0.2) is 8.42 Å². The summed E-state index contributed by atoms with van der Waals surface area (Å²) in [4.78, 5) is 10.5. The molecule has 0 aromatic heterocycles. The molecule has 2 N–H and O–H groups in total. The normalized spacial score (nSPS) is 21.1. The molecule has 0 bridgehead atoms. The van der Waals surface area contributed by atoms with E-state index >= 15 is 0 Å². The average molecular weight is 378 g/mol. The molecule has 0 radical (unpaired) electrons. The Labute approximate surface area is 148 Å². The van der Waals surface area contributed by atoms with Crippen molar-refractivity contribution < 1.29 is 13.3 Å². The summed E-state index contributed by atoms with van der Waals surface area (Å²) in [6, 6.07) is 2.74. The molecular weight excluding hydrogens is 354 g/mol. The van der Waals surface area contributed by atoms with E-state index in [0.717, 1.165) is 0 Å². The molecule has 0 saturated carbocycles. The van der Waals surface area contributed by atoms with Crippen molar-refractivity contribution in [2.45, 2.75) is 45.1 Å². The summed E-state index contributed by atoms with van der Waals surface area (Å²) in [6.45, 7) is 7.70. The fourth-order valence-electron chi connectivity index (χ4n) is 2.90. The molecule has 24 heavy (non-hydrogen) atoms. The lowest BCUT2D eigenvalue weighted by Crippen LogP contribution is -2.54. The molecule has 0 aliphatic carbocycles. The number of rotatable bonds is 3. The van der Waals surface area contributed by atoms with Gasteiger partial charge in [0.2, 0.25) is 10.0 Å². The number of hydrogen-bond donors (Lipinski definition) is 1. The maximum absolute atomic E-state index is 13.1. The summed E-state index contributed by atoms with van der Waals surface area (Å²) in [5.74, 6) is 0. The van der Waals surface area contributed by atoms with Crippen LogP contribution in [-0.2, 0) is 10.0 Å². The van der Waals surface area contributed by atoms with Gasteiger partial charge in [0.1, 0.15) is 0 Å². The number of benzene rings is 1. The number of hydrogen-bond acceptors (Lipinski definition) is 5. The molecular formula is C15H24ClN3O4S. The highest BCUT2D eigenvalue weighted by molar-refractivity contribution is 7.89. The topological polar surface area (TPSA) is 107 Å². The van der Waals surface area contributed by atoms with Crippen molar-refractivity contribution in [1.29, 1.82) is 0 Å². The minimum absolute atomic E-state index is 0. The predicted molar refractivity (Wildman–Crippen MR) is 95.0 cm³/mol. The highest BCUT2D eigenvalue weighted by atomic mass is 35.5. The quantitative estimate of drug-likeness (QED) is 0.642. The second-order valence-electron chi connectivity index (χ2n) is 6.84. The van der Waals surface area contributed by atoms with E-state index < -0.39 is 14.9 Å². The first-order valence-electron chi connectivity index (χ1n) is 7.49. The van der Waals surface area contributed by atoms with Gasteiger partial charge in [-0.3, -0.25) is 10.1 Å². The summed E-state index contributed by atoms with van der Waals surface area (Å²) in [5.41, 5.74) is 6.44. The summed E-state index contributed by atoms with van der Waals surface area (Å²) in [6.07, 6.45) is 0.533. The number of nitrogens with two attached hydrogens (primary N) is 1. The largest absolute Gasteiger partial charge is 0.327 e. The second-order valence-corrected chi connectivity index (χ2v) is 8.71. The third kappa shape index (κ3) is 3.56. The van der Waals surface area contributed by atoms with E-state index in [4.69, 9.17) is 5.73 Å². The van der Waals surface area contributed by atoms with Crippen LogP contribution in [0.3, 0.4) is 0 Å². The van der Waals surface area contributed by atoms with E-state index in [9.17, 15) is 18.5 Å². The van der Waals surface area contributed by atoms with Crippen molar-refractivity contribution in [3.8, 4) is 0 Å². The van der Waals surface area contributed by atoms with Gasteiger partial charge in [-0.2, -0.15) is 4.31 Å². The van der Waals surface area contributed by atoms with Crippen molar-refractivity contribution in [3.05, 3.63) is 33.4 Å². The Morgan fingerprint density at radius 3 is 2.42 bits per heavy atom. The van der Waals surface area contributed by atoms with E-state index in [1.807, 2.05) is 13.8 Å². The van der Waals surface area contributed by atoms with Crippen molar-refractivity contribution in [1.82, 2.24) is 4.31 Å². The molecule has 1 atom stereocenters. The summed E-state index contributed by atoms with van der Waals surface area (Å²) >= 11 is 0. The smallest absolute Gasteiger partial charge is 0.289 e. The lowest BCUT2D eigenvalue weighted by Gasteiger charge is -2.41. The van der Waals surface area contributed by atoms with Crippen LogP contribution in [-0.4, -0.2) is 36.8 Å². The van der Waals surface area contributed by atoms with Crippen molar-refractivity contribution in [3.63, 3.8) is 0 Å². The Morgan fingerprint density at radius 2 is 1.92 bits per heavy atom. The maximum atomic E-state index is 13.1. The van der Waals surface area contributed by atoms with Crippen molar-refractivity contribution in [2.24, 2.45) is 11.1 Å². The van der Waals surface area contributed by atoms with Gasteiger partial charge in [-0.1, -0.05) is 19.9 Å². The fourth-order valence-corrected chi connectivity index (χ4v) is 4.97. The van der Waals surface area contributed by atoms with Crippen LogP contribution in [0.2, 0.25) is 0 Å². The van der Waals surface area contributed by atoms with E-state index in [2.05, 4.69) is 0 Å². The van der Waals surface area contributed by atoms with Crippen LogP contribution in [0.15, 0.2) is 17.0 Å². The molecule has 9 heteroatoms. The molecule has 1 aliphatic rings. The van der Waals surface area contributed by atoms with Gasteiger partial charge in [0.15, 0.2) is 4.90 Å². The molecule has 1 fully saturated rings. The molecule has 0 amide bonds. The predicted octanol–water partition coefficient (Wildman–Crippen LogP) is 2.38. The van der Waals surface area contributed by atoms with Crippen LogP contribution in [0.25, 0.3) is 0 Å². The Kier molecular flexibility index (Phi) is 6.03. The van der Waals surface area contributed by atoms with Gasteiger partial charge in [0.05, 0.1) is 4.92 Å². The molecule has 1 aromatic carbocycles. The summed E-state index contributed by atoms with van der Waals surface area (Å²) in [5, 5.41) is 11.3. The van der Waals surface area contributed by atoms with Gasteiger partial charge >= 0.3 is 0 Å². The number of piperidine rings is 1. The van der Waals surface area contributed by atoms with Crippen molar-refractivity contribution >= 4 is 28.1 Å². The number of nitro benzene ring substituents is 1. The monoisotopic (exact) mass is 377 g/mol. The van der Waals surface area contributed by atoms with E-state index in [0.29, 0.717) is 17.5 Å². The number of halogens is 1. The van der Waals surface area contributed by atoms with Gasteiger partial charge in [0.25, 0.3) is 5.69 Å². The average Bonchev–Trinajstić information content (AvgIpc) is 2.43. The molecule has 1 aliphatic heterocycles. The maximum Gasteiger partial charge on any atom is 0.289 e. The Hall–Kier alpha value is -1.22. The zero-order valence-corrected chi connectivity index (χ0v) is 15.9. The summed E-state index contributed by atoms with van der Waals surface area (Å²) in [7, 11) is -3.95. The highest BCUT2D eigenvalue weighted by Crippen LogP contribution is 2.36. The van der Waals surface area contributed by atoms with Crippen LogP contribution in [0.4, 0.5) is 5.69 Å². The molecule has 1 saturated heterocycles. The van der Waals surface area contributed by atoms with Gasteiger partial charge in [-0.05, 0) is 36.8 Å². The van der Waals surface area contributed by atoms with Crippen LogP contribution in [0.1, 0.15) is 31.4 Å². The molecule has 7 nitrogen and oxygen atoms in total. The summed E-state index contributed by atoms with van der Waals surface area (Å²) < 4.78 is 27.4. The lowest BCUT2D eigenvalue weighted by molar-refractivity contribution is -0.388. The number of aryl methyl sites for hydroxylation is 1. The van der Waals surface area contributed by atoms with Crippen LogP contribution < -0.4 is 5.73 Å². The highest BCUT2D eigenvalue weighted by Gasteiger charge is 2.41. The molecule has 0 spiro atoms. The number of nitrogens with zero attached hydrogens (tertiary/aromatic N) is 2. The molecule has 1 unspecified atom stereocenters. The Balaban J connectivity index is 0.00000288. The molecule has 2 rings (SSSR count). The zero-order valence-electron chi connectivity index (χ0n) is 14.3. The SMILES string of the molecule is Cc1ccc([N+](=O)[O-])c(S(=O)(=O)N2CCC(N)C(C)(C)C2)c1C.Cl. The van der Waals surface area contributed by atoms with E-state index in [1.54, 1.807) is 19.9 Å². The molecule has 1 aromatic rings. The third-order valence-corrected chi connectivity index (χ3v) is 6.75. The van der Waals surface area contributed by atoms with Gasteiger partial charge in [0, 0.05) is 25.2 Å². The van der Waals surface area contributed by atoms with Crippen molar-refractivity contribution in [2.75, 3.05) is 13.1 Å². The van der Waals surface area contributed by atoms with Gasteiger partial charge < -0.3 is 5.73 Å². The first-order valence-corrected chi connectivity index (χ1v) is 8.93.